The first-order chi connectivity index (χ1) is 15.3. The van der Waals surface area contributed by atoms with E-state index in [2.05, 4.69) is 10.6 Å². The third-order valence-electron chi connectivity index (χ3n) is 5.84. The summed E-state index contributed by atoms with van der Waals surface area (Å²) >= 11 is 5.76. The van der Waals surface area contributed by atoms with Crippen LogP contribution in [0.3, 0.4) is 0 Å². The Balaban J connectivity index is 1.20. The molecule has 0 saturated carbocycles. The fourth-order valence-corrected chi connectivity index (χ4v) is 4.18. The highest BCUT2D eigenvalue weighted by molar-refractivity contribution is 6.31. The molecule has 2 aliphatic rings. The summed E-state index contributed by atoms with van der Waals surface area (Å²) in [5.74, 6) is -0.258. The van der Waals surface area contributed by atoms with Crippen LogP contribution in [-0.4, -0.2) is 55.2 Å². The molecule has 1 saturated heterocycles. The van der Waals surface area contributed by atoms with Crippen molar-refractivity contribution in [3.05, 3.63) is 58.4 Å². The number of hydrogen-bond acceptors (Lipinski definition) is 4. The van der Waals surface area contributed by atoms with Crippen LogP contribution in [0.15, 0.2) is 36.4 Å². The molecule has 0 radical (unpaired) electrons. The molecule has 2 amide bonds. The van der Waals surface area contributed by atoms with Crippen molar-refractivity contribution in [2.75, 3.05) is 38.1 Å². The minimum atomic E-state index is -1.42. The standard InChI is InChI=1S/C23H24ClF2N3O3/c24-17-12-15(4-5-18(17)25)22(31)29-9-6-23(26,7-10-29)14-27-8-11-32-20-3-1-2-19-16(20)13-21(30)28-19/h1-5,12,27H,6-11,13-14H2,(H,28,30). The van der Waals surface area contributed by atoms with Crippen molar-refractivity contribution < 1.29 is 23.1 Å². The number of carbonyl (C=O) groups is 2. The van der Waals surface area contributed by atoms with Crippen LogP contribution in [-0.2, 0) is 11.2 Å². The van der Waals surface area contributed by atoms with Gasteiger partial charge < -0.3 is 20.3 Å². The number of fused-ring (bicyclic) bond motifs is 1. The molecule has 0 bridgehead atoms. The molecule has 2 aromatic rings. The lowest BCUT2D eigenvalue weighted by Gasteiger charge is -2.36. The molecular formula is C23H24ClF2N3O3. The number of piperidine rings is 1. The number of ether oxygens (including phenoxy) is 1. The van der Waals surface area contributed by atoms with Gasteiger partial charge in [-0.05, 0) is 30.3 Å². The van der Waals surface area contributed by atoms with Crippen LogP contribution < -0.4 is 15.4 Å². The van der Waals surface area contributed by atoms with E-state index < -0.39 is 11.5 Å². The maximum atomic E-state index is 15.1. The maximum absolute atomic E-state index is 15.1. The van der Waals surface area contributed by atoms with Crippen molar-refractivity contribution in [2.45, 2.75) is 24.9 Å². The zero-order chi connectivity index (χ0) is 22.7. The van der Waals surface area contributed by atoms with E-state index in [-0.39, 0.29) is 49.3 Å². The molecule has 2 heterocycles. The number of halogens is 3. The number of nitrogens with one attached hydrogen (secondary N) is 2. The zero-order valence-corrected chi connectivity index (χ0v) is 18.2. The maximum Gasteiger partial charge on any atom is 0.253 e. The van der Waals surface area contributed by atoms with E-state index in [0.29, 0.717) is 30.9 Å². The van der Waals surface area contributed by atoms with Gasteiger partial charge in [0.25, 0.3) is 5.91 Å². The monoisotopic (exact) mass is 463 g/mol. The molecule has 0 unspecified atom stereocenters. The van der Waals surface area contributed by atoms with Gasteiger partial charge in [-0.25, -0.2) is 8.78 Å². The molecular weight excluding hydrogens is 440 g/mol. The fourth-order valence-electron chi connectivity index (χ4n) is 4.00. The van der Waals surface area contributed by atoms with Gasteiger partial charge in [-0.15, -0.1) is 0 Å². The largest absolute Gasteiger partial charge is 0.492 e. The minimum Gasteiger partial charge on any atom is -0.492 e. The van der Waals surface area contributed by atoms with Crippen molar-refractivity contribution in [1.29, 1.82) is 0 Å². The minimum absolute atomic E-state index is 0.0547. The lowest BCUT2D eigenvalue weighted by Crippen LogP contribution is -2.49. The lowest BCUT2D eigenvalue weighted by molar-refractivity contribution is -0.115. The van der Waals surface area contributed by atoms with Crippen molar-refractivity contribution in [3.63, 3.8) is 0 Å². The number of likely N-dealkylation sites (tertiary alicyclic amines) is 1. The molecule has 0 aromatic heterocycles. The van der Waals surface area contributed by atoms with Crippen LogP contribution in [0.25, 0.3) is 0 Å². The van der Waals surface area contributed by atoms with Crippen molar-refractivity contribution in [2.24, 2.45) is 0 Å². The molecule has 9 heteroatoms. The Morgan fingerprint density at radius 1 is 1.25 bits per heavy atom. The van der Waals surface area contributed by atoms with Gasteiger partial charge in [-0.1, -0.05) is 17.7 Å². The smallest absolute Gasteiger partial charge is 0.253 e. The van der Waals surface area contributed by atoms with Gasteiger partial charge in [0.2, 0.25) is 5.91 Å². The fraction of sp³-hybridized carbons (Fsp3) is 0.391. The first-order valence-corrected chi connectivity index (χ1v) is 10.9. The van der Waals surface area contributed by atoms with E-state index in [1.165, 1.54) is 12.1 Å². The summed E-state index contributed by atoms with van der Waals surface area (Å²) in [6.45, 7) is 1.51. The Morgan fingerprint density at radius 3 is 2.78 bits per heavy atom. The molecule has 2 N–H and O–H groups in total. The summed E-state index contributed by atoms with van der Waals surface area (Å²) in [5.41, 5.74) is 0.496. The highest BCUT2D eigenvalue weighted by Gasteiger charge is 2.36. The average Bonchev–Trinajstić information content (AvgIpc) is 3.16. The second-order valence-corrected chi connectivity index (χ2v) is 8.51. The van der Waals surface area contributed by atoms with Gasteiger partial charge in [0.05, 0.1) is 11.4 Å². The number of amides is 2. The van der Waals surface area contributed by atoms with Crippen molar-refractivity contribution in [3.8, 4) is 5.75 Å². The number of benzene rings is 2. The van der Waals surface area contributed by atoms with Crippen LogP contribution in [0.4, 0.5) is 14.5 Å². The van der Waals surface area contributed by atoms with Gasteiger partial charge in [-0.3, -0.25) is 9.59 Å². The topological polar surface area (TPSA) is 70.7 Å². The molecule has 0 aliphatic carbocycles. The van der Waals surface area contributed by atoms with Crippen LogP contribution >= 0.6 is 11.6 Å². The van der Waals surface area contributed by atoms with Crippen LogP contribution in [0, 0.1) is 5.82 Å². The van der Waals surface area contributed by atoms with E-state index in [0.717, 1.165) is 17.3 Å². The van der Waals surface area contributed by atoms with Crippen molar-refractivity contribution in [1.82, 2.24) is 10.2 Å². The van der Waals surface area contributed by atoms with Gasteiger partial charge in [-0.2, -0.15) is 0 Å². The van der Waals surface area contributed by atoms with Crippen LogP contribution in [0.1, 0.15) is 28.8 Å². The molecule has 2 aromatic carbocycles. The number of carbonyl (C=O) groups excluding carboxylic acids is 2. The summed E-state index contributed by atoms with van der Waals surface area (Å²) in [6.07, 6.45) is 0.717. The van der Waals surface area contributed by atoms with Crippen molar-refractivity contribution >= 4 is 29.1 Å². The summed E-state index contributed by atoms with van der Waals surface area (Å²) in [7, 11) is 0. The molecule has 0 spiro atoms. The quantitative estimate of drug-likeness (QED) is 0.616. The SMILES string of the molecule is O=C1Cc2c(cccc2OCCNCC2(F)CCN(C(=O)c3ccc(F)c(Cl)c3)CC2)N1. The number of rotatable bonds is 7. The highest BCUT2D eigenvalue weighted by Crippen LogP contribution is 2.31. The number of anilines is 1. The first-order valence-electron chi connectivity index (χ1n) is 10.5. The second-order valence-electron chi connectivity index (χ2n) is 8.10. The van der Waals surface area contributed by atoms with E-state index in [1.54, 1.807) is 4.90 Å². The first kappa shape index (κ1) is 22.5. The molecule has 2 aliphatic heterocycles. The molecule has 0 atom stereocenters. The Kier molecular flexibility index (Phi) is 6.62. The summed E-state index contributed by atoms with van der Waals surface area (Å²) in [4.78, 5) is 25.7. The normalized spacial score (nSPS) is 17.1. The third kappa shape index (κ3) is 5.02. The summed E-state index contributed by atoms with van der Waals surface area (Å²) in [5, 5.41) is 5.76. The van der Waals surface area contributed by atoms with Gasteiger partial charge in [0.1, 0.15) is 23.8 Å². The van der Waals surface area contributed by atoms with Crippen LogP contribution in [0.2, 0.25) is 5.02 Å². The molecule has 1 fully saturated rings. The van der Waals surface area contributed by atoms with Crippen LogP contribution in [0.5, 0.6) is 5.75 Å². The van der Waals surface area contributed by atoms with E-state index in [4.69, 9.17) is 16.3 Å². The Labute approximate surface area is 189 Å². The summed E-state index contributed by atoms with van der Waals surface area (Å²) < 4.78 is 34.2. The van der Waals surface area contributed by atoms with E-state index in [1.807, 2.05) is 18.2 Å². The van der Waals surface area contributed by atoms with Gasteiger partial charge in [0.15, 0.2) is 0 Å². The molecule has 4 rings (SSSR count). The summed E-state index contributed by atoms with van der Waals surface area (Å²) in [6, 6.07) is 9.31. The number of hydrogen-bond donors (Lipinski definition) is 2. The third-order valence-corrected chi connectivity index (χ3v) is 6.13. The Morgan fingerprint density at radius 2 is 2.03 bits per heavy atom. The predicted octanol–water partition coefficient (Wildman–Crippen LogP) is 3.59. The predicted molar refractivity (Wildman–Crippen MR) is 118 cm³/mol. The second kappa shape index (κ2) is 9.42. The van der Waals surface area contributed by atoms with Gasteiger partial charge in [0, 0.05) is 55.8 Å². The van der Waals surface area contributed by atoms with E-state index in [9.17, 15) is 14.0 Å². The number of nitrogens with zero attached hydrogens (tertiary/aromatic N) is 1. The molecule has 32 heavy (non-hydrogen) atoms. The molecule has 170 valence electrons. The van der Waals surface area contributed by atoms with E-state index >= 15 is 4.39 Å². The lowest BCUT2D eigenvalue weighted by atomic mass is 9.93. The zero-order valence-electron chi connectivity index (χ0n) is 17.4. The average molecular weight is 464 g/mol. The Hall–Kier alpha value is -2.71. The number of alkyl halides is 1. The van der Waals surface area contributed by atoms with Gasteiger partial charge >= 0.3 is 0 Å². The highest BCUT2D eigenvalue weighted by atomic mass is 35.5. The molecule has 6 nitrogen and oxygen atoms in total. The Bertz CT molecular complexity index is 1030.